The van der Waals surface area contributed by atoms with E-state index in [1.807, 2.05) is 57.3 Å². The fraction of sp³-hybridized carbons (Fsp3) is 0.333. The Morgan fingerprint density at radius 1 is 1.30 bits per heavy atom. The molecular weight excluding hydrogens is 310 g/mol. The molecule has 0 unspecified atom stereocenters. The summed E-state index contributed by atoms with van der Waals surface area (Å²) in [6, 6.07) is 9.39. The van der Waals surface area contributed by atoms with Crippen molar-refractivity contribution in [3.8, 4) is 11.1 Å². The molecule has 2 aromatic rings. The molecular formula is C18H21NO3S. The Labute approximate surface area is 140 Å². The highest BCUT2D eigenvalue weighted by atomic mass is 32.1. The van der Waals surface area contributed by atoms with Crippen LogP contribution in [0.4, 0.5) is 4.79 Å². The second-order valence-electron chi connectivity index (χ2n) is 6.37. The van der Waals surface area contributed by atoms with Crippen molar-refractivity contribution in [3.63, 3.8) is 0 Å². The van der Waals surface area contributed by atoms with Gasteiger partial charge in [-0.25, -0.2) is 4.79 Å². The summed E-state index contributed by atoms with van der Waals surface area (Å²) in [7, 11) is 0. The summed E-state index contributed by atoms with van der Waals surface area (Å²) in [6.07, 6.45) is 0.0661. The normalized spacial score (nSPS) is 12.5. The molecule has 1 heterocycles. The number of thiophene rings is 1. The topological polar surface area (TPSA) is 55.4 Å². The van der Waals surface area contributed by atoms with Crippen molar-refractivity contribution in [3.05, 3.63) is 46.2 Å². The highest BCUT2D eigenvalue weighted by molar-refractivity contribution is 7.10. The lowest BCUT2D eigenvalue weighted by Crippen LogP contribution is -2.41. The predicted molar refractivity (Wildman–Crippen MR) is 92.9 cm³/mol. The second kappa shape index (κ2) is 6.96. The van der Waals surface area contributed by atoms with Crippen LogP contribution in [-0.2, 0) is 4.74 Å². The number of alkyl carbamates (subject to hydrolysis) is 1. The van der Waals surface area contributed by atoms with Gasteiger partial charge in [-0.1, -0.05) is 24.3 Å². The quantitative estimate of drug-likeness (QED) is 0.818. The number of benzene rings is 1. The molecule has 1 atom stereocenters. The monoisotopic (exact) mass is 331 g/mol. The maximum atomic E-state index is 11.8. The van der Waals surface area contributed by atoms with Crippen molar-refractivity contribution >= 4 is 23.7 Å². The number of carbonyl (C=O) groups excluding carboxylic acids is 2. The molecule has 1 amide bonds. The van der Waals surface area contributed by atoms with Gasteiger partial charge in [0.25, 0.3) is 0 Å². The van der Waals surface area contributed by atoms with Gasteiger partial charge in [-0.15, -0.1) is 11.3 Å². The SMILES string of the molecule is C[C@@H](OC(=O)NC(C)(C)C)c1cc(-c2ccccc2C=O)cs1. The molecule has 1 aromatic heterocycles. The van der Waals surface area contributed by atoms with Crippen molar-refractivity contribution in [1.82, 2.24) is 5.32 Å². The third-order valence-corrected chi connectivity index (χ3v) is 4.27. The second-order valence-corrected chi connectivity index (χ2v) is 7.31. The fourth-order valence-corrected chi connectivity index (χ4v) is 3.02. The Bertz CT molecular complexity index is 700. The maximum Gasteiger partial charge on any atom is 0.408 e. The van der Waals surface area contributed by atoms with Gasteiger partial charge in [0.2, 0.25) is 0 Å². The van der Waals surface area contributed by atoms with E-state index in [4.69, 9.17) is 4.74 Å². The molecule has 1 N–H and O–H groups in total. The van der Waals surface area contributed by atoms with Crippen LogP contribution in [0.3, 0.4) is 0 Å². The Morgan fingerprint density at radius 2 is 2.00 bits per heavy atom. The molecule has 122 valence electrons. The van der Waals surface area contributed by atoms with E-state index in [1.165, 1.54) is 11.3 Å². The van der Waals surface area contributed by atoms with Gasteiger partial charge in [0.1, 0.15) is 6.10 Å². The van der Waals surface area contributed by atoms with Gasteiger partial charge in [-0.05, 0) is 50.3 Å². The summed E-state index contributed by atoms with van der Waals surface area (Å²) in [5, 5.41) is 4.75. The van der Waals surface area contributed by atoms with E-state index < -0.39 is 6.09 Å². The van der Waals surface area contributed by atoms with Crippen molar-refractivity contribution < 1.29 is 14.3 Å². The number of carbonyl (C=O) groups is 2. The molecule has 0 aliphatic rings. The number of amides is 1. The van der Waals surface area contributed by atoms with Crippen LogP contribution in [0.2, 0.25) is 0 Å². The number of rotatable bonds is 4. The minimum absolute atomic E-state index is 0.333. The zero-order valence-electron chi connectivity index (χ0n) is 13.8. The molecule has 0 saturated carbocycles. The summed E-state index contributed by atoms with van der Waals surface area (Å²) in [5.74, 6) is 0. The van der Waals surface area contributed by atoms with Crippen LogP contribution < -0.4 is 5.32 Å². The number of hydrogen-bond donors (Lipinski definition) is 1. The molecule has 0 aliphatic carbocycles. The average Bonchev–Trinajstić information content (AvgIpc) is 2.94. The van der Waals surface area contributed by atoms with Crippen molar-refractivity contribution in [2.24, 2.45) is 0 Å². The molecule has 23 heavy (non-hydrogen) atoms. The lowest BCUT2D eigenvalue weighted by molar-refractivity contribution is 0.102. The largest absolute Gasteiger partial charge is 0.441 e. The van der Waals surface area contributed by atoms with E-state index in [-0.39, 0.29) is 11.6 Å². The first-order valence-corrected chi connectivity index (χ1v) is 8.30. The van der Waals surface area contributed by atoms with Crippen molar-refractivity contribution in [2.45, 2.75) is 39.3 Å². The smallest absolute Gasteiger partial charge is 0.408 e. The van der Waals surface area contributed by atoms with Crippen LogP contribution in [-0.4, -0.2) is 17.9 Å². The predicted octanol–water partition coefficient (Wildman–Crippen LogP) is 4.81. The first kappa shape index (κ1) is 17.2. The number of hydrogen-bond acceptors (Lipinski definition) is 4. The molecule has 0 aliphatic heterocycles. The van der Waals surface area contributed by atoms with Gasteiger partial charge >= 0.3 is 6.09 Å². The van der Waals surface area contributed by atoms with E-state index in [1.54, 1.807) is 6.07 Å². The third kappa shape index (κ3) is 4.66. The Hall–Kier alpha value is -2.14. The molecule has 0 radical (unpaired) electrons. The molecule has 4 nitrogen and oxygen atoms in total. The Kier molecular flexibility index (Phi) is 5.21. The van der Waals surface area contributed by atoms with E-state index in [9.17, 15) is 9.59 Å². The standard InChI is InChI=1S/C18H21NO3S/c1-12(22-17(21)19-18(2,3)4)16-9-14(11-23-16)15-8-6-5-7-13(15)10-20/h5-12H,1-4H3,(H,19,21)/t12-/m1/s1. The molecule has 5 heteroatoms. The zero-order chi connectivity index (χ0) is 17.0. The van der Waals surface area contributed by atoms with Gasteiger partial charge in [-0.3, -0.25) is 4.79 Å². The number of nitrogens with one attached hydrogen (secondary N) is 1. The fourth-order valence-electron chi connectivity index (χ4n) is 2.12. The van der Waals surface area contributed by atoms with E-state index >= 15 is 0 Å². The van der Waals surface area contributed by atoms with E-state index in [0.717, 1.165) is 22.3 Å². The van der Waals surface area contributed by atoms with E-state index in [0.29, 0.717) is 5.56 Å². The summed E-state index contributed by atoms with van der Waals surface area (Å²) >= 11 is 1.51. The Balaban J connectivity index is 2.12. The van der Waals surface area contributed by atoms with Crippen molar-refractivity contribution in [1.29, 1.82) is 0 Å². The molecule has 1 aromatic carbocycles. The zero-order valence-corrected chi connectivity index (χ0v) is 14.6. The lowest BCUT2D eigenvalue weighted by Gasteiger charge is -2.21. The summed E-state index contributed by atoms with van der Waals surface area (Å²) in [4.78, 5) is 23.9. The molecule has 0 bridgehead atoms. The van der Waals surface area contributed by atoms with Gasteiger partial charge < -0.3 is 10.1 Å². The van der Waals surface area contributed by atoms with E-state index in [2.05, 4.69) is 5.32 Å². The van der Waals surface area contributed by atoms with Gasteiger partial charge in [0.05, 0.1) is 0 Å². The van der Waals surface area contributed by atoms with Crippen LogP contribution in [0, 0.1) is 0 Å². The molecule has 0 fully saturated rings. The van der Waals surface area contributed by atoms with Crippen LogP contribution in [0.1, 0.15) is 49.0 Å². The highest BCUT2D eigenvalue weighted by Crippen LogP contribution is 2.32. The summed E-state index contributed by atoms with van der Waals surface area (Å²) in [6.45, 7) is 7.54. The van der Waals surface area contributed by atoms with Crippen LogP contribution in [0.15, 0.2) is 35.7 Å². The van der Waals surface area contributed by atoms with Gasteiger partial charge in [0, 0.05) is 16.0 Å². The van der Waals surface area contributed by atoms with Crippen LogP contribution >= 0.6 is 11.3 Å². The molecule has 0 spiro atoms. The minimum Gasteiger partial charge on any atom is -0.441 e. The van der Waals surface area contributed by atoms with Crippen molar-refractivity contribution in [2.75, 3.05) is 0 Å². The van der Waals surface area contributed by atoms with Crippen LogP contribution in [0.25, 0.3) is 11.1 Å². The minimum atomic E-state index is -0.437. The first-order valence-electron chi connectivity index (χ1n) is 7.42. The van der Waals surface area contributed by atoms with Gasteiger partial charge in [-0.2, -0.15) is 0 Å². The Morgan fingerprint density at radius 3 is 2.65 bits per heavy atom. The summed E-state index contributed by atoms with van der Waals surface area (Å²) in [5.41, 5.74) is 2.16. The molecule has 0 saturated heterocycles. The average molecular weight is 331 g/mol. The third-order valence-electron chi connectivity index (χ3n) is 3.18. The summed E-state index contributed by atoms with van der Waals surface area (Å²) < 4.78 is 5.41. The number of ether oxygens (including phenoxy) is 1. The van der Waals surface area contributed by atoms with Crippen LogP contribution in [0.5, 0.6) is 0 Å². The lowest BCUT2D eigenvalue weighted by atomic mass is 10.0. The first-order chi connectivity index (χ1) is 10.8. The van der Waals surface area contributed by atoms with Gasteiger partial charge in [0.15, 0.2) is 6.29 Å². The number of aldehydes is 1. The molecule has 2 rings (SSSR count). The maximum absolute atomic E-state index is 11.8. The highest BCUT2D eigenvalue weighted by Gasteiger charge is 2.19.